The van der Waals surface area contributed by atoms with Crippen molar-refractivity contribution in [3.63, 3.8) is 0 Å². The van der Waals surface area contributed by atoms with Crippen molar-refractivity contribution >= 4 is 35.0 Å². The molecule has 0 atom stereocenters. The molecule has 2 aromatic rings. The van der Waals surface area contributed by atoms with E-state index in [4.69, 9.17) is 0 Å². The van der Waals surface area contributed by atoms with Crippen molar-refractivity contribution in [2.45, 2.75) is 12.3 Å². The van der Waals surface area contributed by atoms with E-state index >= 15 is 0 Å². The number of rotatable bonds is 5. The first-order valence-electron chi connectivity index (χ1n) is 10.2. The smallest absolute Gasteiger partial charge is 0.321 e. The quantitative estimate of drug-likeness (QED) is 0.798. The Hall–Kier alpha value is -2.80. The molecule has 6 nitrogen and oxygen atoms in total. The summed E-state index contributed by atoms with van der Waals surface area (Å²) in [5.41, 5.74) is 4.37. The van der Waals surface area contributed by atoms with Gasteiger partial charge in [-0.2, -0.15) is 11.8 Å². The molecule has 2 aliphatic heterocycles. The van der Waals surface area contributed by atoms with Crippen LogP contribution in [-0.2, 0) is 4.79 Å². The highest BCUT2D eigenvalue weighted by Crippen LogP contribution is 2.28. The second-order valence-corrected chi connectivity index (χ2v) is 8.51. The van der Waals surface area contributed by atoms with Gasteiger partial charge in [0.1, 0.15) is 0 Å². The van der Waals surface area contributed by atoms with Crippen LogP contribution in [0.4, 0.5) is 10.5 Å². The van der Waals surface area contributed by atoms with Gasteiger partial charge >= 0.3 is 6.03 Å². The molecule has 1 fully saturated rings. The SMILES string of the molecule is CSCC(=O)N1CC=C(c2ccc(NC(=O)N3CC(c4cccnc4)C3)cc2)CC1. The Bertz CT molecular complexity index is 924. The number of hydrogen-bond acceptors (Lipinski definition) is 4. The van der Waals surface area contributed by atoms with E-state index in [1.165, 1.54) is 11.1 Å². The van der Waals surface area contributed by atoms with E-state index in [0.717, 1.165) is 24.2 Å². The molecule has 3 heterocycles. The summed E-state index contributed by atoms with van der Waals surface area (Å²) in [6.45, 7) is 2.86. The summed E-state index contributed by atoms with van der Waals surface area (Å²) in [6.07, 6.45) is 8.57. The third kappa shape index (κ3) is 4.67. The van der Waals surface area contributed by atoms with Crippen molar-refractivity contribution in [2.24, 2.45) is 0 Å². The second-order valence-electron chi connectivity index (χ2n) is 7.65. The van der Waals surface area contributed by atoms with Crippen LogP contribution in [0.5, 0.6) is 0 Å². The number of carbonyl (C=O) groups excluding carboxylic acids is 2. The maximum Gasteiger partial charge on any atom is 0.321 e. The molecular formula is C23H26N4O2S. The lowest BCUT2D eigenvalue weighted by Crippen LogP contribution is -2.50. The number of thioether (sulfide) groups is 1. The maximum atomic E-state index is 12.5. The number of urea groups is 1. The number of carbonyl (C=O) groups is 2. The molecule has 30 heavy (non-hydrogen) atoms. The molecule has 1 saturated heterocycles. The Morgan fingerprint density at radius 2 is 1.97 bits per heavy atom. The van der Waals surface area contributed by atoms with Gasteiger partial charge in [0.15, 0.2) is 0 Å². The van der Waals surface area contributed by atoms with Crippen molar-refractivity contribution in [1.29, 1.82) is 0 Å². The van der Waals surface area contributed by atoms with Crippen LogP contribution in [0.25, 0.3) is 5.57 Å². The van der Waals surface area contributed by atoms with Crippen LogP contribution in [0.15, 0.2) is 54.9 Å². The Morgan fingerprint density at radius 3 is 2.60 bits per heavy atom. The van der Waals surface area contributed by atoms with Crippen molar-refractivity contribution in [1.82, 2.24) is 14.8 Å². The Labute approximate surface area is 181 Å². The summed E-state index contributed by atoms with van der Waals surface area (Å²) >= 11 is 1.56. The van der Waals surface area contributed by atoms with Gasteiger partial charge in [0.2, 0.25) is 5.91 Å². The molecular weight excluding hydrogens is 396 g/mol. The third-order valence-electron chi connectivity index (χ3n) is 5.66. The van der Waals surface area contributed by atoms with Crippen LogP contribution in [-0.4, -0.2) is 64.9 Å². The van der Waals surface area contributed by atoms with E-state index < -0.39 is 0 Å². The number of nitrogens with one attached hydrogen (secondary N) is 1. The van der Waals surface area contributed by atoms with E-state index in [9.17, 15) is 9.59 Å². The van der Waals surface area contributed by atoms with Crippen LogP contribution in [0.1, 0.15) is 23.5 Å². The van der Waals surface area contributed by atoms with Crippen molar-refractivity contribution in [2.75, 3.05) is 43.5 Å². The highest BCUT2D eigenvalue weighted by Gasteiger charge is 2.31. The van der Waals surface area contributed by atoms with E-state index in [2.05, 4.69) is 22.4 Å². The number of pyridine rings is 1. The van der Waals surface area contributed by atoms with Crippen molar-refractivity contribution < 1.29 is 9.59 Å². The van der Waals surface area contributed by atoms with Gasteiger partial charge in [0.05, 0.1) is 5.75 Å². The number of anilines is 1. The number of aromatic nitrogens is 1. The first kappa shape index (κ1) is 20.5. The molecule has 0 radical (unpaired) electrons. The predicted molar refractivity (Wildman–Crippen MR) is 122 cm³/mol. The van der Waals surface area contributed by atoms with Gasteiger partial charge in [0, 0.05) is 50.2 Å². The average molecular weight is 423 g/mol. The monoisotopic (exact) mass is 422 g/mol. The highest BCUT2D eigenvalue weighted by atomic mass is 32.2. The highest BCUT2D eigenvalue weighted by molar-refractivity contribution is 7.99. The molecule has 0 aliphatic carbocycles. The molecule has 3 amide bonds. The minimum Gasteiger partial charge on any atom is -0.338 e. The van der Waals surface area contributed by atoms with E-state index in [-0.39, 0.29) is 11.9 Å². The fraction of sp³-hybridized carbons (Fsp3) is 0.348. The molecule has 1 aromatic carbocycles. The van der Waals surface area contributed by atoms with Crippen LogP contribution in [0, 0.1) is 0 Å². The van der Waals surface area contributed by atoms with E-state index in [0.29, 0.717) is 31.3 Å². The minimum atomic E-state index is -0.0669. The largest absolute Gasteiger partial charge is 0.338 e. The zero-order valence-corrected chi connectivity index (χ0v) is 17.9. The lowest BCUT2D eigenvalue weighted by Gasteiger charge is -2.39. The number of likely N-dealkylation sites (tertiary alicyclic amines) is 1. The Balaban J connectivity index is 1.28. The zero-order valence-electron chi connectivity index (χ0n) is 17.1. The molecule has 0 saturated carbocycles. The standard InChI is InChI=1S/C23H26N4O2S/c1-30-16-22(28)26-11-8-18(9-12-26)17-4-6-21(7-5-17)25-23(29)27-14-20(15-27)19-3-2-10-24-13-19/h2-8,10,13,20H,9,11-12,14-16H2,1H3,(H,25,29). The van der Waals surface area contributed by atoms with Gasteiger partial charge in [-0.25, -0.2) is 4.79 Å². The molecule has 0 bridgehead atoms. The van der Waals surface area contributed by atoms with Crippen LogP contribution >= 0.6 is 11.8 Å². The van der Waals surface area contributed by atoms with Gasteiger partial charge in [-0.1, -0.05) is 24.3 Å². The van der Waals surface area contributed by atoms with Gasteiger partial charge in [-0.3, -0.25) is 9.78 Å². The summed E-state index contributed by atoms with van der Waals surface area (Å²) in [5, 5.41) is 2.98. The fourth-order valence-corrected chi connectivity index (χ4v) is 4.24. The summed E-state index contributed by atoms with van der Waals surface area (Å²) in [6, 6.07) is 11.9. The molecule has 7 heteroatoms. The lowest BCUT2D eigenvalue weighted by atomic mass is 9.93. The van der Waals surface area contributed by atoms with Crippen LogP contribution < -0.4 is 5.32 Å². The lowest BCUT2D eigenvalue weighted by molar-refractivity contribution is -0.127. The van der Waals surface area contributed by atoms with Gasteiger partial charge in [-0.15, -0.1) is 0 Å². The first-order chi connectivity index (χ1) is 14.6. The topological polar surface area (TPSA) is 65.5 Å². The molecule has 156 valence electrons. The van der Waals surface area contributed by atoms with Crippen molar-refractivity contribution in [3.05, 3.63) is 66.0 Å². The summed E-state index contributed by atoms with van der Waals surface area (Å²) < 4.78 is 0. The van der Waals surface area contributed by atoms with E-state index in [1.807, 2.05) is 52.6 Å². The van der Waals surface area contributed by atoms with Gasteiger partial charge in [0.25, 0.3) is 0 Å². The van der Waals surface area contributed by atoms with Gasteiger partial charge in [-0.05, 0) is 47.6 Å². The first-order valence-corrected chi connectivity index (χ1v) is 11.6. The molecule has 0 spiro atoms. The van der Waals surface area contributed by atoms with Crippen LogP contribution in [0.3, 0.4) is 0 Å². The Morgan fingerprint density at radius 1 is 1.17 bits per heavy atom. The predicted octanol–water partition coefficient (Wildman–Crippen LogP) is 3.69. The molecule has 1 N–H and O–H groups in total. The molecule has 4 rings (SSSR count). The molecule has 0 unspecified atom stereocenters. The molecule has 2 aliphatic rings. The fourth-order valence-electron chi connectivity index (χ4n) is 3.82. The normalized spacial score (nSPS) is 16.6. The summed E-state index contributed by atoms with van der Waals surface area (Å²) in [5.74, 6) is 1.11. The number of amides is 3. The van der Waals surface area contributed by atoms with Crippen molar-refractivity contribution in [3.8, 4) is 0 Å². The van der Waals surface area contributed by atoms with E-state index in [1.54, 1.807) is 18.0 Å². The average Bonchev–Trinajstić information content (AvgIpc) is 2.74. The maximum absolute atomic E-state index is 12.5. The summed E-state index contributed by atoms with van der Waals surface area (Å²) in [7, 11) is 0. The number of hydrogen-bond donors (Lipinski definition) is 1. The number of benzene rings is 1. The molecule has 1 aromatic heterocycles. The van der Waals surface area contributed by atoms with Crippen LogP contribution in [0.2, 0.25) is 0 Å². The Kier molecular flexibility index (Phi) is 6.38. The summed E-state index contributed by atoms with van der Waals surface area (Å²) in [4.78, 5) is 32.3. The minimum absolute atomic E-state index is 0.0669. The second kappa shape index (κ2) is 9.34. The van der Waals surface area contributed by atoms with Gasteiger partial charge < -0.3 is 15.1 Å². The third-order valence-corrected chi connectivity index (χ3v) is 6.20. The zero-order chi connectivity index (χ0) is 20.9. The number of nitrogens with zero attached hydrogens (tertiary/aromatic N) is 3.